The molecule has 24 heavy (non-hydrogen) atoms. The number of halogens is 1. The van der Waals surface area contributed by atoms with Crippen molar-refractivity contribution in [3.63, 3.8) is 0 Å². The minimum Gasteiger partial charge on any atom is -0.495 e. The lowest BCUT2D eigenvalue weighted by Crippen LogP contribution is -2.40. The van der Waals surface area contributed by atoms with Crippen LogP contribution in [0, 0.1) is 5.92 Å². The van der Waals surface area contributed by atoms with Crippen molar-refractivity contribution in [2.45, 2.75) is 12.8 Å². The molecule has 1 aliphatic rings. The van der Waals surface area contributed by atoms with E-state index in [2.05, 4.69) is 5.32 Å². The van der Waals surface area contributed by atoms with Gasteiger partial charge in [-0.05, 0) is 12.8 Å². The third kappa shape index (κ3) is 4.31. The molecule has 0 unspecified atom stereocenters. The van der Waals surface area contributed by atoms with Gasteiger partial charge in [-0.25, -0.2) is 12.7 Å². The van der Waals surface area contributed by atoms with Crippen molar-refractivity contribution in [3.8, 4) is 11.5 Å². The highest BCUT2D eigenvalue weighted by molar-refractivity contribution is 7.88. The summed E-state index contributed by atoms with van der Waals surface area (Å²) < 4.78 is 34.8. The van der Waals surface area contributed by atoms with Gasteiger partial charge in [0, 0.05) is 31.1 Å². The molecule has 1 N–H and O–H groups in total. The van der Waals surface area contributed by atoms with Gasteiger partial charge in [0.1, 0.15) is 11.5 Å². The SMILES string of the molecule is COc1cc(NC(=O)C2CCN(S(C)(=O)=O)CC2)c(OC)cc1Cl. The number of methoxy groups -OCH3 is 2. The Morgan fingerprint density at radius 1 is 1.21 bits per heavy atom. The fourth-order valence-electron chi connectivity index (χ4n) is 2.64. The van der Waals surface area contributed by atoms with E-state index in [1.807, 2.05) is 0 Å². The summed E-state index contributed by atoms with van der Waals surface area (Å²) in [5, 5.41) is 3.20. The average Bonchev–Trinajstić information content (AvgIpc) is 2.55. The second kappa shape index (κ2) is 7.58. The van der Waals surface area contributed by atoms with Crippen molar-refractivity contribution in [1.82, 2.24) is 4.31 Å². The largest absolute Gasteiger partial charge is 0.495 e. The summed E-state index contributed by atoms with van der Waals surface area (Å²) in [6.07, 6.45) is 2.14. The molecule has 134 valence electrons. The van der Waals surface area contributed by atoms with Crippen LogP contribution in [0.5, 0.6) is 11.5 Å². The summed E-state index contributed by atoms with van der Waals surface area (Å²) in [7, 11) is -0.237. The quantitative estimate of drug-likeness (QED) is 0.849. The van der Waals surface area contributed by atoms with Gasteiger partial charge in [0.25, 0.3) is 0 Å². The molecule has 0 atom stereocenters. The molecule has 0 aliphatic carbocycles. The molecule has 1 fully saturated rings. The van der Waals surface area contributed by atoms with Gasteiger partial charge in [-0.2, -0.15) is 0 Å². The molecule has 1 heterocycles. The maximum atomic E-state index is 12.5. The second-order valence-electron chi connectivity index (χ2n) is 5.61. The topological polar surface area (TPSA) is 84.9 Å². The summed E-state index contributed by atoms with van der Waals surface area (Å²) >= 11 is 6.04. The molecule has 1 aliphatic heterocycles. The van der Waals surface area contributed by atoms with Crippen LogP contribution in [0.4, 0.5) is 5.69 Å². The Hall–Kier alpha value is -1.51. The highest BCUT2D eigenvalue weighted by Gasteiger charge is 2.29. The van der Waals surface area contributed by atoms with Crippen molar-refractivity contribution >= 4 is 33.2 Å². The summed E-state index contributed by atoms with van der Waals surface area (Å²) in [6, 6.07) is 3.17. The molecule has 0 saturated carbocycles. The van der Waals surface area contributed by atoms with Crippen LogP contribution in [0.15, 0.2) is 12.1 Å². The second-order valence-corrected chi connectivity index (χ2v) is 8.00. The van der Waals surface area contributed by atoms with E-state index in [1.165, 1.54) is 24.8 Å². The van der Waals surface area contributed by atoms with Gasteiger partial charge in [-0.15, -0.1) is 0 Å². The Morgan fingerprint density at radius 2 is 1.79 bits per heavy atom. The van der Waals surface area contributed by atoms with Crippen molar-refractivity contribution in [1.29, 1.82) is 0 Å². The number of sulfonamides is 1. The minimum absolute atomic E-state index is 0.175. The monoisotopic (exact) mass is 376 g/mol. The van der Waals surface area contributed by atoms with Crippen molar-refractivity contribution in [3.05, 3.63) is 17.2 Å². The number of rotatable bonds is 5. The number of ether oxygens (including phenoxy) is 2. The molecule has 1 saturated heterocycles. The molecule has 0 radical (unpaired) electrons. The Kier molecular flexibility index (Phi) is 5.95. The first-order valence-corrected chi connectivity index (χ1v) is 9.66. The van der Waals surface area contributed by atoms with E-state index in [-0.39, 0.29) is 11.8 Å². The van der Waals surface area contributed by atoms with E-state index in [0.717, 1.165) is 0 Å². The fourth-order valence-corrected chi connectivity index (χ4v) is 3.75. The number of nitrogens with one attached hydrogen (secondary N) is 1. The number of nitrogens with zero attached hydrogens (tertiary/aromatic N) is 1. The van der Waals surface area contributed by atoms with Gasteiger partial charge in [0.2, 0.25) is 15.9 Å². The molecular weight excluding hydrogens is 356 g/mol. The predicted octanol–water partition coefficient (Wildman–Crippen LogP) is 1.97. The Balaban J connectivity index is 2.08. The van der Waals surface area contributed by atoms with Gasteiger partial charge in [-0.3, -0.25) is 4.79 Å². The number of hydrogen-bond acceptors (Lipinski definition) is 5. The van der Waals surface area contributed by atoms with E-state index >= 15 is 0 Å². The molecule has 0 spiro atoms. The smallest absolute Gasteiger partial charge is 0.227 e. The maximum Gasteiger partial charge on any atom is 0.227 e. The van der Waals surface area contributed by atoms with Crippen LogP contribution in [0.3, 0.4) is 0 Å². The number of carbonyl (C=O) groups is 1. The number of hydrogen-bond donors (Lipinski definition) is 1. The van der Waals surface area contributed by atoms with Crippen LogP contribution in [-0.2, 0) is 14.8 Å². The van der Waals surface area contributed by atoms with Crippen LogP contribution in [-0.4, -0.2) is 52.2 Å². The standard InChI is InChI=1S/C15H21ClN2O5S/c1-22-13-9-12(14(23-2)8-11(13)16)17-15(19)10-4-6-18(7-5-10)24(3,20)21/h8-10H,4-7H2,1-3H3,(H,17,19). The van der Waals surface area contributed by atoms with E-state index in [0.29, 0.717) is 48.1 Å². The van der Waals surface area contributed by atoms with Crippen molar-refractivity contribution < 1.29 is 22.7 Å². The normalized spacial score (nSPS) is 16.7. The fraction of sp³-hybridized carbons (Fsp3) is 0.533. The summed E-state index contributed by atoms with van der Waals surface area (Å²) in [4.78, 5) is 12.5. The van der Waals surface area contributed by atoms with Crippen LogP contribution < -0.4 is 14.8 Å². The van der Waals surface area contributed by atoms with E-state index < -0.39 is 10.0 Å². The van der Waals surface area contributed by atoms with Gasteiger partial charge in [-0.1, -0.05) is 11.6 Å². The molecule has 1 aromatic rings. The van der Waals surface area contributed by atoms with E-state index in [1.54, 1.807) is 12.1 Å². The first-order valence-electron chi connectivity index (χ1n) is 7.43. The van der Waals surface area contributed by atoms with Gasteiger partial charge < -0.3 is 14.8 Å². The highest BCUT2D eigenvalue weighted by atomic mass is 35.5. The molecular formula is C15H21ClN2O5S. The number of anilines is 1. The molecule has 2 rings (SSSR count). The number of amides is 1. The van der Waals surface area contributed by atoms with E-state index in [9.17, 15) is 13.2 Å². The number of benzene rings is 1. The third-order valence-electron chi connectivity index (χ3n) is 4.03. The summed E-state index contributed by atoms with van der Waals surface area (Å²) in [5.74, 6) is 0.433. The summed E-state index contributed by atoms with van der Waals surface area (Å²) in [6.45, 7) is 0.690. The third-order valence-corrected chi connectivity index (χ3v) is 5.62. The molecule has 1 aromatic carbocycles. The molecule has 0 aromatic heterocycles. The van der Waals surface area contributed by atoms with Crippen molar-refractivity contribution in [2.75, 3.05) is 38.9 Å². The average molecular weight is 377 g/mol. The zero-order valence-corrected chi connectivity index (χ0v) is 15.4. The highest BCUT2D eigenvalue weighted by Crippen LogP contribution is 2.36. The maximum absolute atomic E-state index is 12.5. The Bertz CT molecular complexity index is 715. The Morgan fingerprint density at radius 3 is 2.29 bits per heavy atom. The van der Waals surface area contributed by atoms with Gasteiger partial charge >= 0.3 is 0 Å². The lowest BCUT2D eigenvalue weighted by molar-refractivity contribution is -0.120. The van der Waals surface area contributed by atoms with Crippen LogP contribution >= 0.6 is 11.6 Å². The lowest BCUT2D eigenvalue weighted by atomic mass is 9.97. The molecule has 0 bridgehead atoms. The summed E-state index contributed by atoms with van der Waals surface area (Å²) in [5.41, 5.74) is 0.467. The molecule has 9 heteroatoms. The zero-order valence-electron chi connectivity index (χ0n) is 13.8. The van der Waals surface area contributed by atoms with Crippen LogP contribution in [0.2, 0.25) is 5.02 Å². The first kappa shape index (κ1) is 18.8. The van der Waals surface area contributed by atoms with Crippen LogP contribution in [0.25, 0.3) is 0 Å². The first-order chi connectivity index (χ1) is 11.3. The number of carbonyl (C=O) groups excluding carboxylic acids is 1. The van der Waals surface area contributed by atoms with Crippen LogP contribution in [0.1, 0.15) is 12.8 Å². The van der Waals surface area contributed by atoms with E-state index in [4.69, 9.17) is 21.1 Å². The number of piperidine rings is 1. The lowest BCUT2D eigenvalue weighted by Gasteiger charge is -2.29. The van der Waals surface area contributed by atoms with Gasteiger partial charge in [0.15, 0.2) is 0 Å². The minimum atomic E-state index is -3.21. The molecule has 7 nitrogen and oxygen atoms in total. The van der Waals surface area contributed by atoms with Gasteiger partial charge in [0.05, 0.1) is 31.2 Å². The van der Waals surface area contributed by atoms with Crippen molar-refractivity contribution in [2.24, 2.45) is 5.92 Å². The zero-order chi connectivity index (χ0) is 17.9. The molecule has 1 amide bonds. The predicted molar refractivity (Wildman–Crippen MR) is 92.3 cm³/mol. The Labute approximate surface area is 146 Å².